The van der Waals surface area contributed by atoms with Gasteiger partial charge in [0.05, 0.1) is 12.7 Å². The van der Waals surface area contributed by atoms with E-state index >= 15 is 0 Å². The van der Waals surface area contributed by atoms with Crippen LogP contribution in [-0.4, -0.2) is 66.9 Å². The van der Waals surface area contributed by atoms with E-state index in [1.54, 1.807) is 0 Å². The molecule has 1 N–H and O–H groups in total. The maximum atomic E-state index is 10.3. The molecule has 0 radical (unpaired) electrons. The van der Waals surface area contributed by atoms with E-state index in [9.17, 15) is 5.11 Å². The van der Waals surface area contributed by atoms with E-state index < -0.39 is 6.10 Å². The Hall–Kier alpha value is -0.940. The molecule has 1 aliphatic heterocycles. The fourth-order valence-electron chi connectivity index (χ4n) is 2.92. The van der Waals surface area contributed by atoms with Gasteiger partial charge in [0.2, 0.25) is 0 Å². The molecule has 0 aromatic heterocycles. The van der Waals surface area contributed by atoms with Gasteiger partial charge in [0.25, 0.3) is 0 Å². The van der Waals surface area contributed by atoms with Crippen molar-refractivity contribution in [3.05, 3.63) is 35.9 Å². The average molecular weight is 292 g/mol. The van der Waals surface area contributed by atoms with Crippen LogP contribution in [0.15, 0.2) is 30.3 Å². The molecule has 1 aromatic carbocycles. The number of nitrogens with zero attached hydrogens (tertiary/aromatic N) is 2. The fraction of sp³-hybridized carbons (Fsp3) is 0.647. The van der Waals surface area contributed by atoms with Crippen LogP contribution in [0.2, 0.25) is 0 Å². The quantitative estimate of drug-likeness (QED) is 0.777. The first-order chi connectivity index (χ1) is 10.2. The van der Waals surface area contributed by atoms with Crippen molar-refractivity contribution >= 4 is 0 Å². The summed E-state index contributed by atoms with van der Waals surface area (Å²) in [7, 11) is 0. The van der Waals surface area contributed by atoms with Crippen LogP contribution in [0.5, 0.6) is 0 Å². The largest absolute Gasteiger partial charge is 0.387 e. The van der Waals surface area contributed by atoms with Gasteiger partial charge in [-0.2, -0.15) is 0 Å². The molecule has 1 heterocycles. The molecule has 0 spiro atoms. The third-order valence-corrected chi connectivity index (χ3v) is 4.19. The van der Waals surface area contributed by atoms with Gasteiger partial charge in [-0.1, -0.05) is 30.3 Å². The highest BCUT2D eigenvalue weighted by Crippen LogP contribution is 2.16. The highest BCUT2D eigenvalue weighted by Gasteiger charge is 2.24. The second kappa shape index (κ2) is 8.49. The van der Waals surface area contributed by atoms with Crippen LogP contribution in [0.25, 0.3) is 0 Å². The van der Waals surface area contributed by atoms with Crippen molar-refractivity contribution in [1.82, 2.24) is 9.80 Å². The highest BCUT2D eigenvalue weighted by molar-refractivity contribution is 5.17. The smallest absolute Gasteiger partial charge is 0.0916 e. The molecular weight excluding hydrogens is 264 g/mol. The molecule has 1 aliphatic rings. The number of hydrogen-bond donors (Lipinski definition) is 1. The minimum atomic E-state index is -0.395. The summed E-state index contributed by atoms with van der Waals surface area (Å²) in [6, 6.07) is 10.4. The number of hydrogen-bond acceptors (Lipinski definition) is 4. The van der Waals surface area contributed by atoms with Crippen LogP contribution in [0.1, 0.15) is 25.5 Å². The van der Waals surface area contributed by atoms with Gasteiger partial charge < -0.3 is 9.84 Å². The van der Waals surface area contributed by atoms with Gasteiger partial charge in [0.1, 0.15) is 0 Å². The summed E-state index contributed by atoms with van der Waals surface area (Å²) in [6.07, 6.45) is -0.395. The SMILES string of the molecule is CCOCCN1CCN(CC(O)c2ccccc2)CC1C. The number of aliphatic hydroxyl groups is 1. The first-order valence-corrected chi connectivity index (χ1v) is 7.98. The zero-order chi connectivity index (χ0) is 15.1. The summed E-state index contributed by atoms with van der Waals surface area (Å²) < 4.78 is 5.44. The van der Waals surface area contributed by atoms with Crippen molar-refractivity contribution in [3.8, 4) is 0 Å². The molecule has 2 unspecified atom stereocenters. The van der Waals surface area contributed by atoms with Crippen LogP contribution >= 0.6 is 0 Å². The normalized spacial score (nSPS) is 22.3. The average Bonchev–Trinajstić information content (AvgIpc) is 2.50. The predicted molar refractivity (Wildman–Crippen MR) is 85.4 cm³/mol. The Morgan fingerprint density at radius 2 is 2.05 bits per heavy atom. The molecule has 0 aliphatic carbocycles. The zero-order valence-electron chi connectivity index (χ0n) is 13.2. The van der Waals surface area contributed by atoms with Crippen molar-refractivity contribution in [2.45, 2.75) is 26.0 Å². The monoisotopic (exact) mass is 292 g/mol. The molecule has 2 rings (SSSR count). The second-order valence-electron chi connectivity index (χ2n) is 5.77. The summed E-state index contributed by atoms with van der Waals surface area (Å²) >= 11 is 0. The molecule has 118 valence electrons. The summed E-state index contributed by atoms with van der Waals surface area (Å²) in [5.41, 5.74) is 1.00. The number of β-amino-alcohol motifs (C(OH)–C–C–N with tert-alkyl or cyclic N) is 1. The lowest BCUT2D eigenvalue weighted by molar-refractivity contribution is 0.0280. The Kier molecular flexibility index (Phi) is 6.64. The van der Waals surface area contributed by atoms with E-state index in [0.29, 0.717) is 12.6 Å². The summed E-state index contributed by atoms with van der Waals surface area (Å²) in [5.74, 6) is 0. The molecule has 4 nitrogen and oxygen atoms in total. The van der Waals surface area contributed by atoms with Crippen LogP contribution in [0.3, 0.4) is 0 Å². The molecule has 1 fully saturated rings. The topological polar surface area (TPSA) is 35.9 Å². The van der Waals surface area contributed by atoms with Gasteiger partial charge >= 0.3 is 0 Å². The first-order valence-electron chi connectivity index (χ1n) is 7.98. The molecule has 21 heavy (non-hydrogen) atoms. The first kappa shape index (κ1) is 16.4. The van der Waals surface area contributed by atoms with E-state index in [-0.39, 0.29) is 0 Å². The predicted octanol–water partition coefficient (Wildman–Crippen LogP) is 1.76. The Bertz CT molecular complexity index is 399. The number of rotatable bonds is 7. The Morgan fingerprint density at radius 1 is 1.29 bits per heavy atom. The van der Waals surface area contributed by atoms with Gasteiger partial charge in [0.15, 0.2) is 0 Å². The van der Waals surface area contributed by atoms with Crippen LogP contribution in [0.4, 0.5) is 0 Å². The maximum Gasteiger partial charge on any atom is 0.0916 e. The Balaban J connectivity index is 1.77. The van der Waals surface area contributed by atoms with E-state index in [0.717, 1.165) is 45.0 Å². The second-order valence-corrected chi connectivity index (χ2v) is 5.77. The molecule has 4 heteroatoms. The highest BCUT2D eigenvalue weighted by atomic mass is 16.5. The molecule has 0 saturated carbocycles. The minimum Gasteiger partial charge on any atom is -0.387 e. The molecule has 0 amide bonds. The van der Waals surface area contributed by atoms with Gasteiger partial charge in [-0.25, -0.2) is 0 Å². The van der Waals surface area contributed by atoms with Gasteiger partial charge in [0, 0.05) is 45.4 Å². The van der Waals surface area contributed by atoms with Crippen molar-refractivity contribution in [3.63, 3.8) is 0 Å². The summed E-state index contributed by atoms with van der Waals surface area (Å²) in [4.78, 5) is 4.83. The third kappa shape index (κ3) is 5.08. The number of benzene rings is 1. The minimum absolute atomic E-state index is 0.395. The van der Waals surface area contributed by atoms with E-state index in [1.165, 1.54) is 0 Å². The molecule has 0 bridgehead atoms. The molecule has 1 aromatic rings. The van der Waals surface area contributed by atoms with Gasteiger partial charge in [-0.15, -0.1) is 0 Å². The Labute approximate surface area is 128 Å². The van der Waals surface area contributed by atoms with E-state index in [4.69, 9.17) is 4.74 Å². The molecule has 1 saturated heterocycles. The fourth-order valence-corrected chi connectivity index (χ4v) is 2.92. The summed E-state index contributed by atoms with van der Waals surface area (Å²) in [5, 5.41) is 10.3. The number of aliphatic hydroxyl groups excluding tert-OH is 1. The van der Waals surface area contributed by atoms with Crippen molar-refractivity contribution in [1.29, 1.82) is 0 Å². The lowest BCUT2D eigenvalue weighted by Gasteiger charge is -2.40. The van der Waals surface area contributed by atoms with Crippen LogP contribution in [0, 0.1) is 0 Å². The van der Waals surface area contributed by atoms with Crippen molar-refractivity contribution in [2.75, 3.05) is 45.9 Å². The van der Waals surface area contributed by atoms with Crippen molar-refractivity contribution < 1.29 is 9.84 Å². The standard InChI is InChI=1S/C17H28N2O2/c1-3-21-12-11-19-10-9-18(13-15(19)2)14-17(20)16-7-5-4-6-8-16/h4-8,15,17,20H,3,9-14H2,1-2H3. The third-order valence-electron chi connectivity index (χ3n) is 4.19. The lowest BCUT2D eigenvalue weighted by atomic mass is 10.1. The lowest BCUT2D eigenvalue weighted by Crippen LogP contribution is -2.53. The maximum absolute atomic E-state index is 10.3. The summed E-state index contributed by atoms with van der Waals surface area (Å²) in [6.45, 7) is 10.7. The van der Waals surface area contributed by atoms with Crippen LogP contribution in [-0.2, 0) is 4.74 Å². The van der Waals surface area contributed by atoms with Crippen LogP contribution < -0.4 is 0 Å². The number of piperazine rings is 1. The molecule has 2 atom stereocenters. The van der Waals surface area contributed by atoms with E-state index in [2.05, 4.69) is 16.7 Å². The van der Waals surface area contributed by atoms with Crippen molar-refractivity contribution in [2.24, 2.45) is 0 Å². The van der Waals surface area contributed by atoms with Gasteiger partial charge in [-0.3, -0.25) is 9.80 Å². The molecular formula is C17H28N2O2. The van der Waals surface area contributed by atoms with E-state index in [1.807, 2.05) is 37.3 Å². The Morgan fingerprint density at radius 3 is 2.71 bits per heavy atom. The zero-order valence-corrected chi connectivity index (χ0v) is 13.2. The number of ether oxygens (including phenoxy) is 1. The van der Waals surface area contributed by atoms with Gasteiger partial charge in [-0.05, 0) is 19.4 Å².